The Hall–Kier alpha value is -2.70. The third-order valence-electron chi connectivity index (χ3n) is 5.33. The van der Waals surface area contributed by atoms with Crippen molar-refractivity contribution in [2.45, 2.75) is 31.0 Å². The van der Waals surface area contributed by atoms with Gasteiger partial charge in [0.05, 0.1) is 33.8 Å². The van der Waals surface area contributed by atoms with Gasteiger partial charge in [-0.1, -0.05) is 0 Å². The van der Waals surface area contributed by atoms with E-state index in [1.54, 1.807) is 0 Å². The molecule has 1 unspecified atom stereocenters. The normalized spacial score (nSPS) is 22.1. The summed E-state index contributed by atoms with van der Waals surface area (Å²) >= 11 is 0.758. The molecule has 2 amide bonds. The number of carbonyl (C=O) groups excluding carboxylic acids is 2. The molecule has 0 spiro atoms. The van der Waals surface area contributed by atoms with Crippen LogP contribution in [0, 0.1) is 5.92 Å². The fourth-order valence-corrected chi connectivity index (χ4v) is 4.45. The van der Waals surface area contributed by atoms with Crippen molar-refractivity contribution in [1.82, 2.24) is 15.2 Å². The second-order valence-electron chi connectivity index (χ2n) is 7.63. The number of thiophene rings is 1. The van der Waals surface area contributed by atoms with E-state index in [2.05, 4.69) is 10.3 Å². The van der Waals surface area contributed by atoms with E-state index in [0.717, 1.165) is 17.4 Å². The lowest BCUT2D eigenvalue weighted by atomic mass is 10.2. The Kier molecular flexibility index (Phi) is 5.63. The Morgan fingerprint density at radius 3 is 2.72 bits per heavy atom. The predicted octanol–water partition coefficient (Wildman–Crippen LogP) is 3.92. The van der Waals surface area contributed by atoms with Gasteiger partial charge in [-0.05, 0) is 0 Å². The molecule has 2 aromatic heterocycles. The molecule has 2 aliphatic rings. The maximum atomic E-state index is 13.6. The van der Waals surface area contributed by atoms with E-state index in [1.807, 2.05) is 0 Å². The number of ether oxygens (including phenoxy) is 2. The first-order valence-electron chi connectivity index (χ1n) is 9.67. The molecule has 3 heterocycles. The molecular formula is C19H18F5N3O4S. The van der Waals surface area contributed by atoms with Crippen LogP contribution in [0.1, 0.15) is 28.8 Å². The van der Waals surface area contributed by atoms with Crippen molar-refractivity contribution in [2.24, 2.45) is 5.92 Å². The summed E-state index contributed by atoms with van der Waals surface area (Å²) in [6, 6.07) is 0.766. The van der Waals surface area contributed by atoms with Crippen molar-refractivity contribution in [3.8, 4) is 5.88 Å². The molecule has 1 aliphatic heterocycles. The van der Waals surface area contributed by atoms with Gasteiger partial charge in [-0.15, -0.1) is 11.3 Å². The van der Waals surface area contributed by atoms with Gasteiger partial charge in [0, 0.05) is 37.9 Å². The van der Waals surface area contributed by atoms with Gasteiger partial charge < -0.3 is 19.7 Å². The van der Waals surface area contributed by atoms with Gasteiger partial charge in [-0.25, -0.2) is 18.6 Å². The van der Waals surface area contributed by atoms with Gasteiger partial charge in [0.2, 0.25) is 5.88 Å². The fourth-order valence-electron chi connectivity index (χ4n) is 3.43. The van der Waals surface area contributed by atoms with Crippen molar-refractivity contribution >= 4 is 33.6 Å². The van der Waals surface area contributed by atoms with Crippen LogP contribution in [-0.2, 0) is 10.9 Å². The van der Waals surface area contributed by atoms with E-state index in [1.165, 1.54) is 17.3 Å². The Labute approximate surface area is 182 Å². The largest absolute Gasteiger partial charge is 0.472 e. The maximum Gasteiger partial charge on any atom is 0.418 e. The van der Waals surface area contributed by atoms with E-state index >= 15 is 0 Å². The number of nitrogens with zero attached hydrogens (tertiary/aromatic N) is 2. The highest BCUT2D eigenvalue weighted by atomic mass is 32.1. The molecule has 2 atom stereocenters. The highest BCUT2D eigenvalue weighted by molar-refractivity contribution is 7.17. The number of pyridine rings is 1. The first kappa shape index (κ1) is 22.5. The molecule has 7 nitrogen and oxygen atoms in total. The molecule has 13 heteroatoms. The smallest absolute Gasteiger partial charge is 0.418 e. The zero-order chi connectivity index (χ0) is 23.3. The van der Waals surface area contributed by atoms with Crippen molar-refractivity contribution < 1.29 is 41.0 Å². The van der Waals surface area contributed by atoms with Gasteiger partial charge in [0.15, 0.2) is 0 Å². The van der Waals surface area contributed by atoms with Crippen molar-refractivity contribution in [2.75, 3.05) is 26.7 Å². The lowest BCUT2D eigenvalue weighted by molar-refractivity contribution is -0.136. The van der Waals surface area contributed by atoms with E-state index in [4.69, 9.17) is 9.47 Å². The molecule has 1 N–H and O–H groups in total. The molecule has 4 rings (SSSR count). The lowest BCUT2D eigenvalue weighted by Gasteiger charge is -2.17. The molecule has 0 radical (unpaired) electrons. The number of likely N-dealkylation sites (tertiary alicyclic amines) is 1. The fraction of sp³-hybridized carbons (Fsp3) is 0.526. The number of aromatic nitrogens is 1. The summed E-state index contributed by atoms with van der Waals surface area (Å²) in [7, 11) is 1.35. The summed E-state index contributed by atoms with van der Waals surface area (Å²) < 4.78 is 76.8. The van der Waals surface area contributed by atoms with Crippen molar-refractivity contribution in [3.05, 3.63) is 22.6 Å². The Bertz CT molecular complexity index is 1060. The van der Waals surface area contributed by atoms with Crippen molar-refractivity contribution in [3.63, 3.8) is 0 Å². The molecule has 0 bridgehead atoms. The van der Waals surface area contributed by atoms with Gasteiger partial charge >= 0.3 is 12.3 Å². The summed E-state index contributed by atoms with van der Waals surface area (Å²) in [5, 5.41) is 3.66. The minimum absolute atomic E-state index is 0.00282. The Morgan fingerprint density at radius 2 is 2.09 bits per heavy atom. The monoisotopic (exact) mass is 479 g/mol. The van der Waals surface area contributed by atoms with Crippen LogP contribution >= 0.6 is 11.3 Å². The number of amides is 2. The van der Waals surface area contributed by atoms with Gasteiger partial charge in [-0.2, -0.15) is 13.2 Å². The minimum Gasteiger partial charge on any atom is -0.472 e. The lowest BCUT2D eigenvalue weighted by Crippen LogP contribution is -2.32. The summed E-state index contributed by atoms with van der Waals surface area (Å²) in [5.74, 6) is -4.68. The molecule has 2 aromatic rings. The predicted molar refractivity (Wildman–Crippen MR) is 103 cm³/mol. The van der Waals surface area contributed by atoms with Crippen LogP contribution in [0.25, 0.3) is 10.2 Å². The Morgan fingerprint density at radius 1 is 1.38 bits per heavy atom. The number of alkyl halides is 5. The van der Waals surface area contributed by atoms with Crippen LogP contribution in [0.15, 0.2) is 11.4 Å². The molecule has 0 aromatic carbocycles. The van der Waals surface area contributed by atoms with Crippen LogP contribution in [0.2, 0.25) is 0 Å². The van der Waals surface area contributed by atoms with E-state index in [9.17, 15) is 31.5 Å². The zero-order valence-corrected chi connectivity index (χ0v) is 17.5. The molecular weight excluding hydrogens is 461 g/mol. The van der Waals surface area contributed by atoms with Crippen LogP contribution in [0.3, 0.4) is 0 Å². The third kappa shape index (κ3) is 4.43. The van der Waals surface area contributed by atoms with E-state index in [-0.39, 0.29) is 47.8 Å². The number of fused-ring (bicyclic) bond motifs is 1. The summed E-state index contributed by atoms with van der Waals surface area (Å²) in [4.78, 5) is 29.4. The summed E-state index contributed by atoms with van der Waals surface area (Å²) in [5.41, 5.74) is -1.10. The number of hydrogen-bond acceptors (Lipinski definition) is 6. The SMILES string of the molecule is CNC(=O)c1csc2c(C(F)(F)F)cc(O[C@H]3CCN(C(=O)OCC4CC4(F)F)C3)nc12. The standard InChI is InChI=1S/C19H18F5N3O4S/c1-25-16(28)11-8-32-15-12(19(22,23)24)4-13(26-14(11)15)31-10-2-3-27(6-10)17(29)30-7-9-5-18(9,20)21/h4,8-10H,2-3,5-7H2,1H3,(H,25,28)/t9?,10-/m0/s1. The second-order valence-corrected chi connectivity index (χ2v) is 8.51. The van der Waals surface area contributed by atoms with Crippen LogP contribution in [-0.4, -0.2) is 60.7 Å². The average Bonchev–Trinajstić information content (AvgIpc) is 3.08. The molecule has 1 saturated heterocycles. The average molecular weight is 479 g/mol. The molecule has 1 aliphatic carbocycles. The van der Waals surface area contributed by atoms with Crippen LogP contribution in [0.4, 0.5) is 26.7 Å². The third-order valence-corrected chi connectivity index (χ3v) is 6.33. The number of carbonyl (C=O) groups is 2. The molecule has 32 heavy (non-hydrogen) atoms. The quantitative estimate of drug-likeness (QED) is 0.658. The number of rotatable bonds is 5. The molecule has 1 saturated carbocycles. The zero-order valence-electron chi connectivity index (χ0n) is 16.7. The number of hydrogen-bond donors (Lipinski definition) is 1. The number of halogens is 5. The van der Waals surface area contributed by atoms with E-state index in [0.29, 0.717) is 6.42 Å². The van der Waals surface area contributed by atoms with Crippen molar-refractivity contribution in [1.29, 1.82) is 0 Å². The number of nitrogens with one attached hydrogen (secondary N) is 1. The molecule has 174 valence electrons. The van der Waals surface area contributed by atoms with E-state index < -0.39 is 41.7 Å². The van der Waals surface area contributed by atoms with Gasteiger partial charge in [0.1, 0.15) is 12.7 Å². The highest BCUT2D eigenvalue weighted by Gasteiger charge is 2.57. The molecule has 2 fully saturated rings. The van der Waals surface area contributed by atoms with Gasteiger partial charge in [-0.3, -0.25) is 4.79 Å². The maximum absolute atomic E-state index is 13.6. The Balaban J connectivity index is 1.48. The highest BCUT2D eigenvalue weighted by Crippen LogP contribution is 2.48. The topological polar surface area (TPSA) is 80.8 Å². The van der Waals surface area contributed by atoms with Gasteiger partial charge in [0.25, 0.3) is 11.8 Å². The summed E-state index contributed by atoms with van der Waals surface area (Å²) in [6.45, 7) is -0.185. The second kappa shape index (κ2) is 8.01. The van der Waals surface area contributed by atoms with Crippen LogP contribution < -0.4 is 10.1 Å². The minimum atomic E-state index is -4.69. The first-order chi connectivity index (χ1) is 15.0. The first-order valence-corrected chi connectivity index (χ1v) is 10.5. The summed E-state index contributed by atoms with van der Waals surface area (Å²) in [6.07, 6.45) is -6.17. The van der Waals surface area contributed by atoms with Crippen LogP contribution in [0.5, 0.6) is 5.88 Å².